The van der Waals surface area contributed by atoms with Crippen LogP contribution >= 0.6 is 11.6 Å². The van der Waals surface area contributed by atoms with Gasteiger partial charge in [-0.2, -0.15) is 0 Å². The average molecular weight is 460 g/mol. The summed E-state index contributed by atoms with van der Waals surface area (Å²) in [7, 11) is 1.18. The van der Waals surface area contributed by atoms with Crippen molar-refractivity contribution in [2.24, 2.45) is 0 Å². The lowest BCUT2D eigenvalue weighted by Crippen LogP contribution is -2.30. The molecule has 1 saturated heterocycles. The molecule has 2 heterocycles. The highest BCUT2D eigenvalue weighted by atomic mass is 35.5. The second kappa shape index (κ2) is 9.23. The van der Waals surface area contributed by atoms with Crippen molar-refractivity contribution in [1.82, 2.24) is 10.2 Å². The summed E-state index contributed by atoms with van der Waals surface area (Å²) in [6.07, 6.45) is 6.35. The van der Waals surface area contributed by atoms with Gasteiger partial charge in [0.1, 0.15) is 18.1 Å². The van der Waals surface area contributed by atoms with E-state index in [1.807, 2.05) is 0 Å². The fourth-order valence-electron chi connectivity index (χ4n) is 2.81. The smallest absolute Gasteiger partial charge is 0.373 e. The van der Waals surface area contributed by atoms with Crippen LogP contribution in [0.5, 0.6) is 5.75 Å². The quantitative estimate of drug-likeness (QED) is 0.166. The number of carbonyl (C=O) groups excluding carboxylic acids is 3. The van der Waals surface area contributed by atoms with Crippen LogP contribution in [0.2, 0.25) is 5.02 Å². The van der Waals surface area contributed by atoms with E-state index in [0.717, 1.165) is 11.0 Å². The normalized spacial score (nSPS) is 14.3. The number of amides is 3. The third-order valence-electron chi connectivity index (χ3n) is 4.18. The summed E-state index contributed by atoms with van der Waals surface area (Å²) in [6, 6.07) is 4.40. The zero-order valence-corrected chi connectivity index (χ0v) is 17.2. The molecule has 0 unspecified atom stereocenters. The van der Waals surface area contributed by atoms with Crippen LogP contribution in [-0.2, 0) is 16.1 Å². The topological polar surface area (TPSA) is 141 Å². The van der Waals surface area contributed by atoms with E-state index in [1.165, 1.54) is 31.4 Å². The molecule has 1 aromatic heterocycles. The largest absolute Gasteiger partial charge is 0.473 e. The highest BCUT2D eigenvalue weighted by molar-refractivity contribution is 6.31. The first-order valence-corrected chi connectivity index (χ1v) is 9.18. The first-order chi connectivity index (χ1) is 15.2. The fourth-order valence-corrected chi connectivity index (χ4v) is 3.03. The van der Waals surface area contributed by atoms with Gasteiger partial charge in [0, 0.05) is 16.7 Å². The van der Waals surface area contributed by atoms with Crippen molar-refractivity contribution in [3.05, 3.63) is 62.2 Å². The number of methoxy groups -OCH3 is 1. The monoisotopic (exact) mass is 459 g/mol. The van der Waals surface area contributed by atoms with Gasteiger partial charge in [-0.1, -0.05) is 17.5 Å². The molecular formula is C20H14ClN3O8. The van der Waals surface area contributed by atoms with E-state index in [0.29, 0.717) is 0 Å². The SMILES string of the molecule is C#CCOc1c(C=C2NC(=O)N(Cc3ccc(C(=O)OC)o3)C2=O)cc(Cl)cc1[N+](=O)[O-]. The average Bonchev–Trinajstić information content (AvgIpc) is 3.32. The summed E-state index contributed by atoms with van der Waals surface area (Å²) in [5.74, 6) is 0.603. The minimum Gasteiger partial charge on any atom is -0.473 e. The van der Waals surface area contributed by atoms with Gasteiger partial charge in [0.25, 0.3) is 5.91 Å². The number of benzene rings is 1. The molecule has 0 atom stereocenters. The molecule has 0 radical (unpaired) electrons. The van der Waals surface area contributed by atoms with E-state index >= 15 is 0 Å². The van der Waals surface area contributed by atoms with Gasteiger partial charge >= 0.3 is 17.7 Å². The van der Waals surface area contributed by atoms with Crippen LogP contribution in [0.4, 0.5) is 10.5 Å². The van der Waals surface area contributed by atoms with Gasteiger partial charge in [-0.15, -0.1) is 6.42 Å². The highest BCUT2D eigenvalue weighted by Crippen LogP contribution is 2.36. The van der Waals surface area contributed by atoms with Gasteiger partial charge < -0.3 is 19.2 Å². The van der Waals surface area contributed by atoms with Crippen molar-refractivity contribution in [2.75, 3.05) is 13.7 Å². The number of carbonyl (C=O) groups is 3. The molecule has 11 nitrogen and oxygen atoms in total. The summed E-state index contributed by atoms with van der Waals surface area (Å²) in [6.45, 7) is -0.540. The van der Waals surface area contributed by atoms with Gasteiger partial charge in [-0.3, -0.25) is 19.8 Å². The molecule has 1 fully saturated rings. The molecule has 12 heteroatoms. The summed E-state index contributed by atoms with van der Waals surface area (Å²) >= 11 is 5.96. The first-order valence-electron chi connectivity index (χ1n) is 8.81. The van der Waals surface area contributed by atoms with Gasteiger partial charge in [0.15, 0.2) is 0 Å². The molecule has 0 spiro atoms. The zero-order valence-electron chi connectivity index (χ0n) is 16.4. The number of nitrogens with one attached hydrogen (secondary N) is 1. The van der Waals surface area contributed by atoms with Gasteiger partial charge in [-0.05, 0) is 24.3 Å². The van der Waals surface area contributed by atoms with Crippen molar-refractivity contribution in [3.63, 3.8) is 0 Å². The number of imide groups is 1. The van der Waals surface area contributed by atoms with Crippen LogP contribution in [-0.4, -0.2) is 41.4 Å². The zero-order chi connectivity index (χ0) is 23.4. The summed E-state index contributed by atoms with van der Waals surface area (Å²) in [5.41, 5.74) is -0.577. The number of nitrogens with zero attached hydrogens (tertiary/aromatic N) is 2. The number of esters is 1. The van der Waals surface area contributed by atoms with Crippen molar-refractivity contribution < 1.29 is 33.2 Å². The molecule has 1 aliphatic rings. The van der Waals surface area contributed by atoms with E-state index in [-0.39, 0.29) is 46.7 Å². The number of hydrogen-bond acceptors (Lipinski definition) is 8. The van der Waals surface area contributed by atoms with Crippen LogP contribution in [0, 0.1) is 22.5 Å². The molecule has 2 aromatic rings. The van der Waals surface area contributed by atoms with Crippen molar-refractivity contribution in [2.45, 2.75) is 6.54 Å². The first kappa shape index (κ1) is 22.4. The van der Waals surface area contributed by atoms with Crippen LogP contribution in [0.1, 0.15) is 21.9 Å². The van der Waals surface area contributed by atoms with E-state index < -0.39 is 28.5 Å². The lowest BCUT2D eigenvalue weighted by Gasteiger charge is -2.10. The molecule has 32 heavy (non-hydrogen) atoms. The Labute approximate surface area is 185 Å². The Balaban J connectivity index is 1.92. The molecule has 164 valence electrons. The number of furan rings is 1. The van der Waals surface area contributed by atoms with Crippen LogP contribution < -0.4 is 10.1 Å². The van der Waals surface area contributed by atoms with E-state index in [4.69, 9.17) is 27.2 Å². The minimum absolute atomic E-state index is 0.0103. The van der Waals surface area contributed by atoms with Gasteiger partial charge in [0.2, 0.25) is 11.5 Å². The molecule has 0 bridgehead atoms. The van der Waals surface area contributed by atoms with Crippen molar-refractivity contribution in [3.8, 4) is 18.1 Å². The fraction of sp³-hybridized carbons (Fsp3) is 0.150. The summed E-state index contributed by atoms with van der Waals surface area (Å²) in [4.78, 5) is 48.0. The Bertz CT molecular complexity index is 1190. The molecular weight excluding hydrogens is 446 g/mol. The van der Waals surface area contributed by atoms with E-state index in [2.05, 4.69) is 16.0 Å². The summed E-state index contributed by atoms with van der Waals surface area (Å²) < 4.78 is 15.1. The number of halogens is 1. The highest BCUT2D eigenvalue weighted by Gasteiger charge is 2.35. The maximum atomic E-state index is 12.8. The molecule has 1 N–H and O–H groups in total. The maximum absolute atomic E-state index is 12.8. The Morgan fingerprint density at radius 3 is 2.81 bits per heavy atom. The van der Waals surface area contributed by atoms with Gasteiger partial charge in [-0.25, -0.2) is 9.59 Å². The van der Waals surface area contributed by atoms with Crippen molar-refractivity contribution in [1.29, 1.82) is 0 Å². The molecule has 1 aliphatic heterocycles. The number of ether oxygens (including phenoxy) is 2. The molecule has 0 saturated carbocycles. The minimum atomic E-state index is -0.764. The Hall–Kier alpha value is -4.30. The van der Waals surface area contributed by atoms with Crippen LogP contribution in [0.15, 0.2) is 34.4 Å². The summed E-state index contributed by atoms with van der Waals surface area (Å²) in [5, 5.41) is 13.8. The molecule has 3 rings (SSSR count). The molecule has 3 amide bonds. The Kier molecular flexibility index (Phi) is 6.46. The lowest BCUT2D eigenvalue weighted by molar-refractivity contribution is -0.385. The predicted octanol–water partition coefficient (Wildman–Crippen LogP) is 2.73. The maximum Gasteiger partial charge on any atom is 0.373 e. The number of terminal acetylenes is 1. The van der Waals surface area contributed by atoms with E-state index in [1.54, 1.807) is 0 Å². The Morgan fingerprint density at radius 1 is 1.41 bits per heavy atom. The second-order valence-corrected chi connectivity index (χ2v) is 6.67. The number of rotatable bonds is 7. The molecule has 0 aliphatic carbocycles. The standard InChI is InChI=1S/C20H14ClN3O8/c1-3-6-31-17-11(7-12(21)9-15(17)24(28)29)8-14-18(25)23(20(27)22-14)10-13-4-5-16(32-13)19(26)30-2/h1,4-5,7-9H,6,10H2,2H3,(H,22,27). The van der Waals surface area contributed by atoms with Crippen LogP contribution in [0.25, 0.3) is 6.08 Å². The Morgan fingerprint density at radius 2 is 2.16 bits per heavy atom. The third-order valence-corrected chi connectivity index (χ3v) is 4.40. The van der Waals surface area contributed by atoms with Crippen molar-refractivity contribution >= 4 is 41.3 Å². The third kappa shape index (κ3) is 4.55. The van der Waals surface area contributed by atoms with Gasteiger partial charge in [0.05, 0.1) is 18.6 Å². The van der Waals surface area contributed by atoms with E-state index in [9.17, 15) is 24.5 Å². The number of nitro groups is 1. The number of urea groups is 1. The molecule has 1 aromatic carbocycles. The lowest BCUT2D eigenvalue weighted by atomic mass is 10.1. The predicted molar refractivity (Wildman–Crippen MR) is 110 cm³/mol. The number of hydrogen-bond donors (Lipinski definition) is 1. The van der Waals surface area contributed by atoms with Crippen LogP contribution in [0.3, 0.4) is 0 Å². The second-order valence-electron chi connectivity index (χ2n) is 6.23. The number of nitro benzene ring substituents is 1.